The van der Waals surface area contributed by atoms with E-state index in [0.29, 0.717) is 18.5 Å². The van der Waals surface area contributed by atoms with Crippen molar-refractivity contribution in [2.75, 3.05) is 13.7 Å². The van der Waals surface area contributed by atoms with Gasteiger partial charge in [-0.1, -0.05) is 44.2 Å². The summed E-state index contributed by atoms with van der Waals surface area (Å²) >= 11 is 0. The molecule has 0 aliphatic heterocycles. The number of amides is 1. The molecule has 0 unspecified atom stereocenters. The summed E-state index contributed by atoms with van der Waals surface area (Å²) in [5, 5.41) is 2.95. The number of ketones is 1. The Morgan fingerprint density at radius 2 is 1.59 bits per heavy atom. The number of ether oxygens (including phenoxy) is 1. The molecule has 2 aromatic rings. The van der Waals surface area contributed by atoms with Crippen molar-refractivity contribution in [3.8, 4) is 5.75 Å². The highest BCUT2D eigenvalue weighted by atomic mass is 16.5. The maximum Gasteiger partial charge on any atom is 0.251 e. The van der Waals surface area contributed by atoms with Crippen LogP contribution in [0, 0.1) is 5.41 Å². The lowest BCUT2D eigenvalue weighted by Gasteiger charge is -2.24. The third kappa shape index (κ3) is 6.89. The number of methoxy groups -OCH3 is 1. The quantitative estimate of drug-likeness (QED) is 0.480. The third-order valence-corrected chi connectivity index (χ3v) is 4.79. The summed E-state index contributed by atoms with van der Waals surface area (Å²) in [5.41, 5.74) is 1.47. The fraction of sp³-hybridized carbons (Fsp3) is 0.391. The van der Waals surface area contributed by atoms with Crippen LogP contribution in [0.2, 0.25) is 0 Å². The Morgan fingerprint density at radius 1 is 0.926 bits per heavy atom. The second-order valence-corrected chi connectivity index (χ2v) is 7.54. The van der Waals surface area contributed by atoms with Crippen LogP contribution in [0.25, 0.3) is 0 Å². The van der Waals surface area contributed by atoms with Crippen molar-refractivity contribution in [1.29, 1.82) is 0 Å². The largest absolute Gasteiger partial charge is 0.497 e. The normalized spacial score (nSPS) is 11.1. The lowest BCUT2D eigenvalue weighted by molar-refractivity contribution is 0.0951. The number of hydrogen-bond acceptors (Lipinski definition) is 3. The van der Waals surface area contributed by atoms with Crippen molar-refractivity contribution >= 4 is 11.7 Å². The maximum atomic E-state index is 12.2. The van der Waals surface area contributed by atoms with Crippen molar-refractivity contribution in [2.45, 2.75) is 39.5 Å². The van der Waals surface area contributed by atoms with Gasteiger partial charge in [-0.3, -0.25) is 9.59 Å². The van der Waals surface area contributed by atoms with Crippen LogP contribution in [-0.4, -0.2) is 25.3 Å². The Bertz CT molecular complexity index is 736. The molecule has 0 bridgehead atoms. The number of rotatable bonds is 10. The van der Waals surface area contributed by atoms with Crippen LogP contribution in [-0.2, 0) is 0 Å². The van der Waals surface area contributed by atoms with Crippen LogP contribution in [0.15, 0.2) is 54.6 Å². The maximum absolute atomic E-state index is 12.2. The van der Waals surface area contributed by atoms with Gasteiger partial charge < -0.3 is 10.1 Å². The van der Waals surface area contributed by atoms with Gasteiger partial charge in [0.15, 0.2) is 5.78 Å². The van der Waals surface area contributed by atoms with Crippen molar-refractivity contribution in [1.82, 2.24) is 5.32 Å². The van der Waals surface area contributed by atoms with Crippen LogP contribution in [0.1, 0.15) is 60.2 Å². The Labute approximate surface area is 161 Å². The van der Waals surface area contributed by atoms with E-state index in [2.05, 4.69) is 19.2 Å². The van der Waals surface area contributed by atoms with Crippen LogP contribution in [0.5, 0.6) is 5.75 Å². The molecule has 4 nitrogen and oxygen atoms in total. The second-order valence-electron chi connectivity index (χ2n) is 7.54. The summed E-state index contributed by atoms with van der Waals surface area (Å²) in [6, 6.07) is 16.5. The van der Waals surface area contributed by atoms with Gasteiger partial charge >= 0.3 is 0 Å². The molecule has 0 aliphatic carbocycles. The Hall–Kier alpha value is -2.62. The van der Waals surface area contributed by atoms with E-state index in [0.717, 1.165) is 30.6 Å². The molecule has 144 valence electrons. The highest BCUT2D eigenvalue weighted by Gasteiger charge is 2.19. The zero-order valence-corrected chi connectivity index (χ0v) is 16.5. The molecular weight excluding hydrogens is 338 g/mol. The third-order valence-electron chi connectivity index (χ3n) is 4.79. The highest BCUT2D eigenvalue weighted by molar-refractivity contribution is 5.96. The summed E-state index contributed by atoms with van der Waals surface area (Å²) in [7, 11) is 1.60. The summed E-state index contributed by atoms with van der Waals surface area (Å²) in [5.74, 6) is 0.851. The predicted molar refractivity (Wildman–Crippen MR) is 108 cm³/mol. The van der Waals surface area contributed by atoms with Gasteiger partial charge in [-0.2, -0.15) is 0 Å². The minimum absolute atomic E-state index is 0.0648. The molecule has 0 heterocycles. The van der Waals surface area contributed by atoms with Gasteiger partial charge in [0.1, 0.15) is 5.75 Å². The Morgan fingerprint density at radius 3 is 2.22 bits per heavy atom. The fourth-order valence-corrected chi connectivity index (χ4v) is 2.96. The molecule has 27 heavy (non-hydrogen) atoms. The van der Waals surface area contributed by atoms with E-state index in [1.807, 2.05) is 30.3 Å². The summed E-state index contributed by atoms with van der Waals surface area (Å²) in [4.78, 5) is 24.4. The zero-order valence-electron chi connectivity index (χ0n) is 16.5. The van der Waals surface area contributed by atoms with Gasteiger partial charge in [0.25, 0.3) is 5.91 Å². The Kier molecular flexibility index (Phi) is 7.59. The van der Waals surface area contributed by atoms with Gasteiger partial charge in [0, 0.05) is 24.1 Å². The topological polar surface area (TPSA) is 55.4 Å². The zero-order chi connectivity index (χ0) is 19.7. The lowest BCUT2D eigenvalue weighted by atomic mass is 9.82. The van der Waals surface area contributed by atoms with Crippen molar-refractivity contribution < 1.29 is 14.3 Å². The molecule has 2 aromatic carbocycles. The first-order valence-electron chi connectivity index (χ1n) is 9.42. The summed E-state index contributed by atoms with van der Waals surface area (Å²) in [6.07, 6.45) is 3.23. The van der Waals surface area contributed by atoms with E-state index >= 15 is 0 Å². The highest BCUT2D eigenvalue weighted by Crippen LogP contribution is 2.28. The summed E-state index contributed by atoms with van der Waals surface area (Å²) in [6.45, 7) is 4.98. The average molecular weight is 367 g/mol. The van der Waals surface area contributed by atoms with Crippen LogP contribution >= 0.6 is 0 Å². The first kappa shape index (κ1) is 20.7. The van der Waals surface area contributed by atoms with E-state index in [4.69, 9.17) is 4.74 Å². The number of Topliss-reactive ketones (excluding diaryl/α,β-unsaturated/α-hetero) is 1. The molecule has 0 spiro atoms. The number of carbonyl (C=O) groups excluding carboxylic acids is 2. The van der Waals surface area contributed by atoms with Crippen molar-refractivity contribution in [2.24, 2.45) is 5.41 Å². The molecule has 0 aliphatic rings. The van der Waals surface area contributed by atoms with Gasteiger partial charge in [-0.15, -0.1) is 0 Å². The first-order chi connectivity index (χ1) is 12.9. The Balaban J connectivity index is 1.70. The number of benzene rings is 2. The van der Waals surface area contributed by atoms with Gasteiger partial charge in [-0.05, 0) is 48.9 Å². The molecule has 1 amide bonds. The number of nitrogens with one attached hydrogen (secondary N) is 1. The van der Waals surface area contributed by atoms with Gasteiger partial charge in [0.05, 0.1) is 7.11 Å². The molecular formula is C23H29NO3. The van der Waals surface area contributed by atoms with E-state index in [9.17, 15) is 9.59 Å². The summed E-state index contributed by atoms with van der Waals surface area (Å²) < 4.78 is 5.10. The molecule has 4 heteroatoms. The van der Waals surface area contributed by atoms with Crippen molar-refractivity contribution in [3.63, 3.8) is 0 Å². The van der Waals surface area contributed by atoms with Crippen LogP contribution < -0.4 is 10.1 Å². The molecule has 0 saturated carbocycles. The predicted octanol–water partition coefficient (Wildman–Crippen LogP) is 4.89. The minimum atomic E-state index is -0.0743. The van der Waals surface area contributed by atoms with E-state index < -0.39 is 0 Å². The second kappa shape index (κ2) is 9.91. The first-order valence-corrected chi connectivity index (χ1v) is 9.42. The molecule has 1 N–H and O–H groups in total. The van der Waals surface area contributed by atoms with Crippen LogP contribution in [0.3, 0.4) is 0 Å². The van der Waals surface area contributed by atoms with Crippen molar-refractivity contribution in [3.05, 3.63) is 65.7 Å². The number of carbonyl (C=O) groups is 2. The minimum Gasteiger partial charge on any atom is -0.497 e. The van der Waals surface area contributed by atoms with E-state index in [1.54, 1.807) is 31.4 Å². The van der Waals surface area contributed by atoms with E-state index in [1.165, 1.54) is 0 Å². The fourth-order valence-electron chi connectivity index (χ4n) is 2.96. The molecule has 2 rings (SSSR count). The smallest absolute Gasteiger partial charge is 0.251 e. The monoisotopic (exact) mass is 367 g/mol. The molecule has 0 atom stereocenters. The van der Waals surface area contributed by atoms with E-state index in [-0.39, 0.29) is 17.1 Å². The standard InChI is InChI=1S/C23H29NO3/c1-23(2,16-14-21(25)18-8-5-4-6-9-18)15-7-17-24-22(26)19-10-12-20(27-3)13-11-19/h4-6,8-13H,7,14-17H2,1-3H3,(H,24,26). The lowest BCUT2D eigenvalue weighted by Crippen LogP contribution is -2.25. The molecule has 0 fully saturated rings. The number of hydrogen-bond donors (Lipinski definition) is 1. The van der Waals surface area contributed by atoms with Gasteiger partial charge in [0.2, 0.25) is 0 Å². The molecule has 0 aromatic heterocycles. The van der Waals surface area contributed by atoms with Gasteiger partial charge in [-0.25, -0.2) is 0 Å². The SMILES string of the molecule is COc1ccc(C(=O)NCCCC(C)(C)CCC(=O)c2ccccc2)cc1. The molecule has 0 saturated heterocycles. The average Bonchev–Trinajstić information content (AvgIpc) is 2.70. The molecule has 0 radical (unpaired) electrons. The van der Waals surface area contributed by atoms with Crippen LogP contribution in [0.4, 0.5) is 0 Å².